The maximum atomic E-state index is 12.4. The molecule has 2 aromatic rings. The molecule has 0 atom stereocenters. The standard InChI is InChI=1S/C15H21N3O/c1-15(2,17(3)4)14(19)10-12-11-8-6-7-9-13(11)18(5)16-12/h6-9H,10H2,1-5H3. The monoisotopic (exact) mass is 259 g/mol. The lowest BCUT2D eigenvalue weighted by Gasteiger charge is -2.30. The lowest BCUT2D eigenvalue weighted by Crippen LogP contribution is -2.46. The van der Waals surface area contributed by atoms with E-state index in [1.54, 1.807) is 0 Å². The molecular weight excluding hydrogens is 238 g/mol. The van der Waals surface area contributed by atoms with E-state index in [0.717, 1.165) is 16.6 Å². The molecule has 19 heavy (non-hydrogen) atoms. The van der Waals surface area contributed by atoms with Crippen LogP contribution in [0.2, 0.25) is 0 Å². The van der Waals surface area contributed by atoms with Gasteiger partial charge in [0.2, 0.25) is 0 Å². The summed E-state index contributed by atoms with van der Waals surface area (Å²) in [6.45, 7) is 3.89. The number of aromatic nitrogens is 2. The first-order valence-corrected chi connectivity index (χ1v) is 6.45. The minimum absolute atomic E-state index is 0.182. The number of carbonyl (C=O) groups excluding carboxylic acids is 1. The molecule has 0 bridgehead atoms. The molecule has 4 heteroatoms. The zero-order valence-corrected chi connectivity index (χ0v) is 12.3. The molecule has 0 saturated carbocycles. The van der Waals surface area contributed by atoms with E-state index in [-0.39, 0.29) is 5.78 Å². The van der Waals surface area contributed by atoms with Gasteiger partial charge in [-0.05, 0) is 34.0 Å². The summed E-state index contributed by atoms with van der Waals surface area (Å²) in [5, 5.41) is 5.54. The molecule has 1 aromatic carbocycles. The number of nitrogens with zero attached hydrogens (tertiary/aromatic N) is 3. The summed E-state index contributed by atoms with van der Waals surface area (Å²) in [5.74, 6) is 0.182. The van der Waals surface area contributed by atoms with E-state index in [4.69, 9.17) is 0 Å². The van der Waals surface area contributed by atoms with Crippen LogP contribution in [-0.2, 0) is 18.3 Å². The first kappa shape index (κ1) is 13.7. The van der Waals surface area contributed by atoms with Gasteiger partial charge in [0.25, 0.3) is 0 Å². The SMILES string of the molecule is CN(C)C(C)(C)C(=O)Cc1nn(C)c2ccccc12. The molecule has 0 aliphatic heterocycles. The van der Waals surface area contributed by atoms with Crippen LogP contribution >= 0.6 is 0 Å². The highest BCUT2D eigenvalue weighted by Crippen LogP contribution is 2.21. The first-order valence-electron chi connectivity index (χ1n) is 6.45. The summed E-state index contributed by atoms with van der Waals surface area (Å²) < 4.78 is 1.83. The van der Waals surface area contributed by atoms with E-state index in [2.05, 4.69) is 5.10 Å². The Morgan fingerprint density at radius 2 is 1.95 bits per heavy atom. The molecule has 0 radical (unpaired) electrons. The Morgan fingerprint density at radius 3 is 2.58 bits per heavy atom. The molecular formula is C15H21N3O. The summed E-state index contributed by atoms with van der Waals surface area (Å²) in [6, 6.07) is 8.01. The number of rotatable bonds is 4. The van der Waals surface area contributed by atoms with Crippen LogP contribution in [-0.4, -0.2) is 40.1 Å². The third-order valence-corrected chi connectivity index (χ3v) is 3.96. The van der Waals surface area contributed by atoms with Gasteiger partial charge in [0.15, 0.2) is 5.78 Å². The third kappa shape index (κ3) is 2.40. The molecule has 1 aromatic heterocycles. The topological polar surface area (TPSA) is 38.1 Å². The molecule has 0 amide bonds. The summed E-state index contributed by atoms with van der Waals surface area (Å²) >= 11 is 0. The van der Waals surface area contributed by atoms with Crippen molar-refractivity contribution in [2.45, 2.75) is 25.8 Å². The molecule has 4 nitrogen and oxygen atoms in total. The maximum absolute atomic E-state index is 12.4. The van der Waals surface area contributed by atoms with Crippen molar-refractivity contribution in [1.29, 1.82) is 0 Å². The Kier molecular flexibility index (Phi) is 3.45. The van der Waals surface area contributed by atoms with Gasteiger partial charge in [-0.1, -0.05) is 18.2 Å². The summed E-state index contributed by atoms with van der Waals surface area (Å²) in [7, 11) is 5.76. The average Bonchev–Trinajstić information content (AvgIpc) is 2.67. The molecule has 0 spiro atoms. The Bertz CT molecular complexity index is 611. The van der Waals surface area contributed by atoms with Gasteiger partial charge in [-0.3, -0.25) is 14.4 Å². The third-order valence-electron chi connectivity index (χ3n) is 3.96. The number of ketones is 1. The number of likely N-dealkylation sites (N-methyl/N-ethyl adjacent to an activating group) is 1. The van der Waals surface area contributed by atoms with Crippen molar-refractivity contribution < 1.29 is 4.79 Å². The van der Waals surface area contributed by atoms with Crippen LogP contribution in [0.3, 0.4) is 0 Å². The van der Waals surface area contributed by atoms with Crippen LogP contribution in [0.5, 0.6) is 0 Å². The van der Waals surface area contributed by atoms with Gasteiger partial charge in [-0.2, -0.15) is 5.10 Å². The van der Waals surface area contributed by atoms with Crippen molar-refractivity contribution in [3.63, 3.8) is 0 Å². The quantitative estimate of drug-likeness (QED) is 0.843. The Hall–Kier alpha value is -1.68. The van der Waals surface area contributed by atoms with Gasteiger partial charge in [-0.15, -0.1) is 0 Å². The fraction of sp³-hybridized carbons (Fsp3) is 0.467. The zero-order chi connectivity index (χ0) is 14.2. The molecule has 0 N–H and O–H groups in total. The molecule has 0 aliphatic carbocycles. The lowest BCUT2D eigenvalue weighted by molar-refractivity contribution is -0.127. The molecule has 0 saturated heterocycles. The van der Waals surface area contributed by atoms with Crippen LogP contribution in [0.25, 0.3) is 10.9 Å². The van der Waals surface area contributed by atoms with Crippen LogP contribution in [0.1, 0.15) is 19.5 Å². The van der Waals surface area contributed by atoms with E-state index in [0.29, 0.717) is 6.42 Å². The van der Waals surface area contributed by atoms with Crippen LogP contribution in [0.15, 0.2) is 24.3 Å². The molecule has 0 fully saturated rings. The van der Waals surface area contributed by atoms with E-state index in [1.165, 1.54) is 0 Å². The van der Waals surface area contributed by atoms with E-state index in [9.17, 15) is 4.79 Å². The second kappa shape index (κ2) is 4.78. The second-order valence-corrected chi connectivity index (χ2v) is 5.64. The first-order chi connectivity index (χ1) is 8.84. The van der Waals surface area contributed by atoms with Gasteiger partial charge in [0.05, 0.1) is 23.2 Å². The van der Waals surface area contributed by atoms with Crippen molar-refractivity contribution >= 4 is 16.7 Å². The summed E-state index contributed by atoms with van der Waals surface area (Å²) in [4.78, 5) is 14.4. The minimum atomic E-state index is -0.474. The molecule has 0 aliphatic rings. The average molecular weight is 259 g/mol. The second-order valence-electron chi connectivity index (χ2n) is 5.64. The lowest BCUT2D eigenvalue weighted by atomic mass is 9.93. The predicted molar refractivity (Wildman–Crippen MR) is 77.2 cm³/mol. The normalized spacial score (nSPS) is 12.3. The largest absolute Gasteiger partial charge is 0.298 e. The van der Waals surface area contributed by atoms with E-state index >= 15 is 0 Å². The Labute approximate surface area is 114 Å². The zero-order valence-electron chi connectivity index (χ0n) is 12.3. The number of carbonyl (C=O) groups is 1. The highest BCUT2D eigenvalue weighted by atomic mass is 16.1. The van der Waals surface area contributed by atoms with Gasteiger partial charge in [0.1, 0.15) is 0 Å². The van der Waals surface area contributed by atoms with Gasteiger partial charge < -0.3 is 0 Å². The highest BCUT2D eigenvalue weighted by molar-refractivity contribution is 5.93. The van der Waals surface area contributed by atoms with Gasteiger partial charge >= 0.3 is 0 Å². The van der Waals surface area contributed by atoms with E-state index in [1.807, 2.05) is 68.8 Å². The Balaban J connectivity index is 2.35. The number of hydrogen-bond donors (Lipinski definition) is 0. The van der Waals surface area contributed by atoms with Crippen molar-refractivity contribution in [3.8, 4) is 0 Å². The van der Waals surface area contributed by atoms with Gasteiger partial charge in [-0.25, -0.2) is 0 Å². The van der Waals surface area contributed by atoms with Crippen LogP contribution in [0.4, 0.5) is 0 Å². The van der Waals surface area contributed by atoms with E-state index < -0.39 is 5.54 Å². The Morgan fingerprint density at radius 1 is 1.32 bits per heavy atom. The number of para-hydroxylation sites is 1. The molecule has 1 heterocycles. The van der Waals surface area contributed by atoms with Crippen molar-refractivity contribution in [1.82, 2.24) is 14.7 Å². The van der Waals surface area contributed by atoms with Gasteiger partial charge in [0, 0.05) is 12.4 Å². The summed E-state index contributed by atoms with van der Waals surface area (Å²) in [6.07, 6.45) is 0.368. The molecule has 0 unspecified atom stereocenters. The number of benzene rings is 1. The number of Topliss-reactive ketones (excluding diaryl/α,β-unsaturated/α-hetero) is 1. The van der Waals surface area contributed by atoms with Crippen molar-refractivity contribution in [2.24, 2.45) is 7.05 Å². The number of aryl methyl sites for hydroxylation is 1. The minimum Gasteiger partial charge on any atom is -0.298 e. The highest BCUT2D eigenvalue weighted by Gasteiger charge is 2.30. The number of fused-ring (bicyclic) bond motifs is 1. The van der Waals surface area contributed by atoms with Crippen LogP contribution < -0.4 is 0 Å². The fourth-order valence-electron chi connectivity index (χ4n) is 2.04. The smallest absolute Gasteiger partial charge is 0.158 e. The number of hydrogen-bond acceptors (Lipinski definition) is 3. The molecule has 102 valence electrons. The van der Waals surface area contributed by atoms with Crippen LogP contribution in [0, 0.1) is 0 Å². The van der Waals surface area contributed by atoms with Crippen molar-refractivity contribution in [2.75, 3.05) is 14.1 Å². The van der Waals surface area contributed by atoms with Crippen molar-refractivity contribution in [3.05, 3.63) is 30.0 Å². The fourth-order valence-corrected chi connectivity index (χ4v) is 2.04. The maximum Gasteiger partial charge on any atom is 0.158 e. The predicted octanol–water partition coefficient (Wildman–Crippen LogP) is 2.03. The molecule has 2 rings (SSSR count). The summed E-state index contributed by atoms with van der Waals surface area (Å²) in [5.41, 5.74) is 1.45.